The highest BCUT2D eigenvalue weighted by molar-refractivity contribution is 6.32. The molecule has 4 aromatic rings. The quantitative estimate of drug-likeness (QED) is 0.275. The lowest BCUT2D eigenvalue weighted by Gasteiger charge is -2.36. The van der Waals surface area contributed by atoms with Crippen LogP contribution < -0.4 is 20.7 Å². The highest BCUT2D eigenvalue weighted by Gasteiger charge is 2.64. The van der Waals surface area contributed by atoms with Crippen molar-refractivity contribution in [1.82, 2.24) is 9.55 Å². The van der Waals surface area contributed by atoms with Crippen LogP contribution >= 0.6 is 23.2 Å². The number of nitrogens with one attached hydrogen (secondary N) is 1. The van der Waals surface area contributed by atoms with Crippen molar-refractivity contribution in [3.05, 3.63) is 86.9 Å². The molecule has 1 atom stereocenters. The van der Waals surface area contributed by atoms with Gasteiger partial charge >= 0.3 is 0 Å². The first-order chi connectivity index (χ1) is 19.0. The topological polar surface area (TPSA) is 102 Å². The first kappa shape index (κ1) is 26.2. The molecule has 0 bridgehead atoms. The molecule has 2 aliphatic heterocycles. The minimum atomic E-state index is -1.66. The van der Waals surface area contributed by atoms with Crippen molar-refractivity contribution in [2.24, 2.45) is 0 Å². The fraction of sp³-hybridized carbons (Fsp3) is 0.207. The van der Waals surface area contributed by atoms with E-state index < -0.39 is 23.2 Å². The third-order valence-electron chi connectivity index (χ3n) is 7.43. The molecule has 6 rings (SSSR count). The number of hydrogen-bond acceptors (Lipinski definition) is 5. The summed E-state index contributed by atoms with van der Waals surface area (Å²) in [6, 6.07) is 12.5. The van der Waals surface area contributed by atoms with Gasteiger partial charge in [0.05, 0.1) is 29.7 Å². The van der Waals surface area contributed by atoms with Crippen LogP contribution in [-0.2, 0) is 10.3 Å². The van der Waals surface area contributed by atoms with E-state index in [0.717, 1.165) is 5.56 Å². The van der Waals surface area contributed by atoms with Gasteiger partial charge in [-0.3, -0.25) is 14.5 Å². The number of hydrogen-bond donors (Lipinski definition) is 2. The van der Waals surface area contributed by atoms with Crippen LogP contribution in [0.5, 0.6) is 5.75 Å². The molecule has 0 fully saturated rings. The smallest absolute Gasteiger partial charge is 0.280 e. The number of nitrogens with zero attached hydrogens (tertiary/aromatic N) is 3. The molecule has 2 aliphatic rings. The molecule has 3 heterocycles. The minimum absolute atomic E-state index is 0.0558. The molecule has 0 aliphatic carbocycles. The summed E-state index contributed by atoms with van der Waals surface area (Å²) in [7, 11) is 1.44. The second-order valence-corrected chi connectivity index (χ2v) is 11.0. The fourth-order valence-electron chi connectivity index (χ4n) is 5.74. The first-order valence-corrected chi connectivity index (χ1v) is 13.2. The number of nitrogen functional groups attached to an aromatic ring is 1. The number of aryl methyl sites for hydroxylation is 1. The summed E-state index contributed by atoms with van der Waals surface area (Å²) in [5.41, 5.74) is 6.94. The Balaban J connectivity index is 1.75. The largest absolute Gasteiger partial charge is 0.496 e. The van der Waals surface area contributed by atoms with E-state index in [1.807, 2.05) is 20.8 Å². The molecular weight excluding hydrogens is 556 g/mol. The van der Waals surface area contributed by atoms with Crippen LogP contribution in [0.1, 0.15) is 47.2 Å². The Morgan fingerprint density at radius 1 is 1.07 bits per heavy atom. The summed E-state index contributed by atoms with van der Waals surface area (Å²) in [5, 5.41) is 3.75. The number of anilines is 3. The Hall–Kier alpha value is -4.08. The molecule has 11 heteroatoms. The Kier molecular flexibility index (Phi) is 5.87. The van der Waals surface area contributed by atoms with Gasteiger partial charge in [-0.05, 0) is 56.7 Å². The zero-order chi connectivity index (χ0) is 28.7. The molecule has 3 aromatic carbocycles. The van der Waals surface area contributed by atoms with Crippen molar-refractivity contribution >= 4 is 52.1 Å². The van der Waals surface area contributed by atoms with Gasteiger partial charge in [0.25, 0.3) is 11.8 Å². The van der Waals surface area contributed by atoms with Crippen molar-refractivity contribution in [1.29, 1.82) is 0 Å². The van der Waals surface area contributed by atoms with Gasteiger partial charge in [-0.1, -0.05) is 35.3 Å². The summed E-state index contributed by atoms with van der Waals surface area (Å²) in [5.74, 6) is -1.09. The van der Waals surface area contributed by atoms with Crippen LogP contribution in [0.3, 0.4) is 0 Å². The van der Waals surface area contributed by atoms with Crippen LogP contribution in [0.4, 0.5) is 21.5 Å². The van der Waals surface area contributed by atoms with Gasteiger partial charge in [0, 0.05) is 33.4 Å². The van der Waals surface area contributed by atoms with Crippen LogP contribution in [0.15, 0.2) is 48.5 Å². The van der Waals surface area contributed by atoms with Crippen LogP contribution in [0.2, 0.25) is 10.0 Å². The molecule has 1 spiro atoms. The molecule has 0 saturated carbocycles. The van der Waals surface area contributed by atoms with Crippen LogP contribution in [0, 0.1) is 12.7 Å². The Morgan fingerprint density at radius 2 is 1.77 bits per heavy atom. The average molecular weight is 580 g/mol. The maximum Gasteiger partial charge on any atom is 0.280 e. The number of nitrogens with two attached hydrogens (primary N) is 1. The molecule has 3 N–H and O–H groups in total. The predicted molar refractivity (Wildman–Crippen MR) is 153 cm³/mol. The van der Waals surface area contributed by atoms with E-state index in [-0.39, 0.29) is 29.0 Å². The van der Waals surface area contributed by atoms with Crippen molar-refractivity contribution in [3.8, 4) is 17.1 Å². The molecule has 2 amide bonds. The van der Waals surface area contributed by atoms with Gasteiger partial charge < -0.3 is 20.4 Å². The lowest BCUT2D eigenvalue weighted by Crippen LogP contribution is -2.51. The molecule has 8 nitrogen and oxygen atoms in total. The fourth-order valence-corrected chi connectivity index (χ4v) is 6.08. The Labute approximate surface area is 239 Å². The number of halogens is 3. The second-order valence-electron chi connectivity index (χ2n) is 10.1. The van der Waals surface area contributed by atoms with E-state index in [4.69, 9.17) is 38.7 Å². The summed E-state index contributed by atoms with van der Waals surface area (Å²) in [6.07, 6.45) is 0. The predicted octanol–water partition coefficient (Wildman–Crippen LogP) is 6.33. The average Bonchev–Trinajstić information content (AvgIpc) is 3.51. The summed E-state index contributed by atoms with van der Waals surface area (Å²) in [4.78, 5) is 34.9. The standard InChI is InChI=1S/C29H24Cl2FN5O3/c1-13(2)36-25-24(35-26(36)17-11-19(32)20(33)12-23(17)40-4)27(38)37(22-10-16(31)6-5-14(22)3)29(25)18-8-7-15(30)9-21(18)34-28(29)39/h5-13H,33H2,1-4H3,(H,34,39)/t29-/m1/s1. The summed E-state index contributed by atoms with van der Waals surface area (Å²) >= 11 is 12.7. The van der Waals surface area contributed by atoms with Gasteiger partial charge in [0.2, 0.25) is 0 Å². The molecule has 0 saturated heterocycles. The SMILES string of the molecule is COc1cc(N)c(F)cc1-c1nc2c(n1C(C)C)[C@]1(C(=O)Nc3cc(Cl)ccc31)N(c1cc(Cl)ccc1C)C2=O. The van der Waals surface area contributed by atoms with Crippen LogP contribution in [-0.4, -0.2) is 28.5 Å². The number of carbonyl (C=O) groups excluding carboxylic acids is 2. The number of amides is 2. The Morgan fingerprint density at radius 3 is 2.48 bits per heavy atom. The number of benzene rings is 3. The van der Waals surface area contributed by atoms with Gasteiger partial charge in [0.15, 0.2) is 11.2 Å². The van der Waals surface area contributed by atoms with Gasteiger partial charge in [0.1, 0.15) is 17.4 Å². The van der Waals surface area contributed by atoms with Crippen molar-refractivity contribution in [2.75, 3.05) is 23.1 Å². The number of ether oxygens (including phenoxy) is 1. The third kappa shape index (κ3) is 3.40. The second kappa shape index (κ2) is 8.97. The molecule has 40 heavy (non-hydrogen) atoms. The van der Waals surface area contributed by atoms with E-state index >= 15 is 0 Å². The van der Waals surface area contributed by atoms with E-state index in [1.165, 1.54) is 24.1 Å². The lowest BCUT2D eigenvalue weighted by atomic mass is 9.86. The Bertz CT molecular complexity index is 1770. The van der Waals surface area contributed by atoms with E-state index in [1.54, 1.807) is 41.0 Å². The molecular formula is C29H24Cl2FN5O3. The van der Waals surface area contributed by atoms with Crippen molar-refractivity contribution in [3.63, 3.8) is 0 Å². The highest BCUT2D eigenvalue weighted by atomic mass is 35.5. The molecule has 204 valence electrons. The summed E-state index contributed by atoms with van der Waals surface area (Å²) < 4.78 is 22.1. The number of imidazole rings is 1. The summed E-state index contributed by atoms with van der Waals surface area (Å²) in [6.45, 7) is 5.63. The van der Waals surface area contributed by atoms with Gasteiger partial charge in [-0.2, -0.15) is 0 Å². The maximum atomic E-state index is 14.8. The monoisotopic (exact) mass is 579 g/mol. The highest BCUT2D eigenvalue weighted by Crippen LogP contribution is 2.55. The number of aromatic nitrogens is 2. The normalized spacial score (nSPS) is 17.6. The lowest BCUT2D eigenvalue weighted by molar-refractivity contribution is -0.119. The van der Waals surface area contributed by atoms with E-state index in [0.29, 0.717) is 38.2 Å². The van der Waals surface area contributed by atoms with Gasteiger partial charge in [-0.25, -0.2) is 9.37 Å². The third-order valence-corrected chi connectivity index (χ3v) is 7.90. The molecule has 0 radical (unpaired) electrons. The van der Waals surface area contributed by atoms with E-state index in [9.17, 15) is 14.0 Å². The molecule has 1 aromatic heterocycles. The molecule has 0 unspecified atom stereocenters. The zero-order valence-corrected chi connectivity index (χ0v) is 23.5. The first-order valence-electron chi connectivity index (χ1n) is 12.5. The number of carbonyl (C=O) groups is 2. The zero-order valence-electron chi connectivity index (χ0n) is 22.0. The van der Waals surface area contributed by atoms with Crippen LogP contribution in [0.25, 0.3) is 11.4 Å². The van der Waals surface area contributed by atoms with Crippen molar-refractivity contribution in [2.45, 2.75) is 32.4 Å². The maximum absolute atomic E-state index is 14.8. The number of fused-ring (bicyclic) bond motifs is 4. The number of methoxy groups -OCH3 is 1. The minimum Gasteiger partial charge on any atom is -0.496 e. The van der Waals surface area contributed by atoms with Gasteiger partial charge in [-0.15, -0.1) is 0 Å². The van der Waals surface area contributed by atoms with E-state index in [2.05, 4.69) is 5.32 Å². The number of rotatable bonds is 4. The van der Waals surface area contributed by atoms with Crippen molar-refractivity contribution < 1.29 is 18.7 Å².